The SMILES string of the molecule is COc1ccc(NC(=O)C(=O)N/N=C/c2ccc(CNS(=O)(=O)c3ccc(Cl)cc3)o2)cc1. The number of benzene rings is 2. The van der Waals surface area contributed by atoms with Crippen molar-refractivity contribution < 1.29 is 27.2 Å². The molecule has 0 unspecified atom stereocenters. The van der Waals surface area contributed by atoms with Gasteiger partial charge in [-0.25, -0.2) is 18.6 Å². The minimum absolute atomic E-state index is 0.0656. The fourth-order valence-corrected chi connectivity index (χ4v) is 3.61. The Morgan fingerprint density at radius 3 is 2.39 bits per heavy atom. The number of carbonyl (C=O) groups is 2. The molecule has 0 aliphatic carbocycles. The van der Waals surface area contributed by atoms with Gasteiger partial charge in [-0.05, 0) is 60.7 Å². The number of anilines is 1. The molecule has 172 valence electrons. The van der Waals surface area contributed by atoms with Gasteiger partial charge in [0.15, 0.2) is 0 Å². The first-order chi connectivity index (χ1) is 15.8. The zero-order chi connectivity index (χ0) is 23.8. The van der Waals surface area contributed by atoms with E-state index in [1.807, 2.05) is 0 Å². The number of rotatable bonds is 8. The lowest BCUT2D eigenvalue weighted by atomic mass is 10.3. The van der Waals surface area contributed by atoms with Crippen LogP contribution in [0.25, 0.3) is 0 Å². The second kappa shape index (κ2) is 10.8. The molecule has 0 fully saturated rings. The van der Waals surface area contributed by atoms with Crippen molar-refractivity contribution in [2.24, 2.45) is 5.10 Å². The first kappa shape index (κ1) is 24.0. The Hall–Kier alpha value is -3.67. The lowest BCUT2D eigenvalue weighted by Crippen LogP contribution is -2.32. The number of furan rings is 1. The predicted octanol–water partition coefficient (Wildman–Crippen LogP) is 2.51. The van der Waals surface area contributed by atoms with Gasteiger partial charge >= 0.3 is 11.8 Å². The molecule has 0 saturated carbocycles. The van der Waals surface area contributed by atoms with E-state index in [1.54, 1.807) is 30.3 Å². The van der Waals surface area contributed by atoms with Crippen LogP contribution in [0.5, 0.6) is 5.75 Å². The largest absolute Gasteiger partial charge is 0.497 e. The van der Waals surface area contributed by atoms with Gasteiger partial charge in [0.2, 0.25) is 10.0 Å². The maximum absolute atomic E-state index is 12.3. The summed E-state index contributed by atoms with van der Waals surface area (Å²) in [6.07, 6.45) is 1.18. The van der Waals surface area contributed by atoms with E-state index >= 15 is 0 Å². The summed E-state index contributed by atoms with van der Waals surface area (Å²) >= 11 is 5.77. The third-order valence-corrected chi connectivity index (χ3v) is 5.82. The summed E-state index contributed by atoms with van der Waals surface area (Å²) < 4.78 is 37.4. The Balaban J connectivity index is 1.49. The van der Waals surface area contributed by atoms with Gasteiger partial charge in [0.25, 0.3) is 0 Å². The molecule has 0 spiro atoms. The van der Waals surface area contributed by atoms with Gasteiger partial charge < -0.3 is 14.5 Å². The van der Waals surface area contributed by atoms with E-state index in [0.717, 1.165) is 0 Å². The molecular formula is C21H19ClN4O6S. The number of hydrogen-bond donors (Lipinski definition) is 3. The van der Waals surface area contributed by atoms with E-state index in [2.05, 4.69) is 20.6 Å². The minimum atomic E-state index is -3.74. The molecule has 0 bridgehead atoms. The predicted molar refractivity (Wildman–Crippen MR) is 122 cm³/mol. The van der Waals surface area contributed by atoms with Gasteiger partial charge in [-0.2, -0.15) is 5.10 Å². The van der Waals surface area contributed by atoms with Crippen molar-refractivity contribution in [3.8, 4) is 5.75 Å². The number of sulfonamides is 1. The number of carbonyl (C=O) groups excluding carboxylic acids is 2. The quantitative estimate of drug-likeness (QED) is 0.252. The normalized spacial score (nSPS) is 11.3. The highest BCUT2D eigenvalue weighted by Crippen LogP contribution is 2.16. The first-order valence-corrected chi connectivity index (χ1v) is 11.3. The van der Waals surface area contributed by atoms with Gasteiger partial charge in [0.05, 0.1) is 24.8 Å². The molecule has 2 amide bonds. The molecule has 0 aliphatic heterocycles. The van der Waals surface area contributed by atoms with Crippen LogP contribution in [0.15, 0.2) is 75.1 Å². The van der Waals surface area contributed by atoms with Crippen molar-refractivity contribution in [1.29, 1.82) is 0 Å². The average Bonchev–Trinajstić information content (AvgIpc) is 3.26. The topological polar surface area (TPSA) is 139 Å². The lowest BCUT2D eigenvalue weighted by Gasteiger charge is -2.05. The smallest absolute Gasteiger partial charge is 0.329 e. The molecule has 0 saturated heterocycles. The van der Waals surface area contributed by atoms with Crippen LogP contribution in [0.3, 0.4) is 0 Å². The minimum Gasteiger partial charge on any atom is -0.497 e. The van der Waals surface area contributed by atoms with Crippen LogP contribution in [0.2, 0.25) is 5.02 Å². The van der Waals surface area contributed by atoms with Crippen LogP contribution < -0.4 is 20.2 Å². The molecule has 3 rings (SSSR count). The zero-order valence-electron chi connectivity index (χ0n) is 17.2. The lowest BCUT2D eigenvalue weighted by molar-refractivity contribution is -0.136. The van der Waals surface area contributed by atoms with E-state index in [-0.39, 0.29) is 17.2 Å². The molecule has 0 radical (unpaired) electrons. The Bertz CT molecular complexity index is 1250. The van der Waals surface area contributed by atoms with Crippen LogP contribution in [-0.2, 0) is 26.2 Å². The molecule has 1 aromatic heterocycles. The van der Waals surface area contributed by atoms with E-state index in [4.69, 9.17) is 20.8 Å². The second-order valence-electron chi connectivity index (χ2n) is 6.46. The van der Waals surface area contributed by atoms with Gasteiger partial charge in [0, 0.05) is 10.7 Å². The Morgan fingerprint density at radius 2 is 1.73 bits per heavy atom. The second-order valence-corrected chi connectivity index (χ2v) is 8.67. The summed E-state index contributed by atoms with van der Waals surface area (Å²) in [5.41, 5.74) is 2.49. The number of hydrogen-bond acceptors (Lipinski definition) is 7. The molecule has 0 atom stereocenters. The number of ether oxygens (including phenoxy) is 1. The molecule has 3 aromatic rings. The van der Waals surface area contributed by atoms with E-state index in [1.165, 1.54) is 43.7 Å². The Kier molecular flexibility index (Phi) is 7.83. The van der Waals surface area contributed by atoms with E-state index < -0.39 is 21.8 Å². The molecular weight excluding hydrogens is 472 g/mol. The monoisotopic (exact) mass is 490 g/mol. The fraction of sp³-hybridized carbons (Fsp3) is 0.0952. The highest BCUT2D eigenvalue weighted by molar-refractivity contribution is 7.89. The van der Waals surface area contributed by atoms with Gasteiger partial charge in [0.1, 0.15) is 17.3 Å². The number of amides is 2. The van der Waals surface area contributed by atoms with Crippen LogP contribution in [-0.4, -0.2) is 33.6 Å². The van der Waals surface area contributed by atoms with Crippen molar-refractivity contribution in [3.63, 3.8) is 0 Å². The zero-order valence-corrected chi connectivity index (χ0v) is 18.8. The summed E-state index contributed by atoms with van der Waals surface area (Å²) in [5.74, 6) is -0.722. The molecule has 0 aliphatic rings. The highest BCUT2D eigenvalue weighted by Gasteiger charge is 2.15. The summed E-state index contributed by atoms with van der Waals surface area (Å²) in [4.78, 5) is 23.8. The van der Waals surface area contributed by atoms with Crippen molar-refractivity contribution >= 4 is 45.3 Å². The van der Waals surface area contributed by atoms with Crippen LogP contribution in [0, 0.1) is 0 Å². The standard InChI is InChI=1S/C21H19ClN4O6S/c1-31-16-6-4-15(5-7-16)25-20(27)21(28)26-23-12-17-8-9-18(32-17)13-24-33(29,30)19-10-2-14(22)3-11-19/h2-12,24H,13H2,1H3,(H,25,27)(H,26,28)/b23-12+. The molecule has 3 N–H and O–H groups in total. The fourth-order valence-electron chi connectivity index (χ4n) is 2.49. The summed E-state index contributed by atoms with van der Waals surface area (Å²) in [6, 6.07) is 15.2. The number of nitrogens with zero attached hydrogens (tertiary/aromatic N) is 1. The van der Waals surface area contributed by atoms with E-state index in [0.29, 0.717) is 22.2 Å². The van der Waals surface area contributed by atoms with Gasteiger partial charge in [-0.3, -0.25) is 9.59 Å². The third kappa shape index (κ3) is 6.91. The molecule has 33 heavy (non-hydrogen) atoms. The number of methoxy groups -OCH3 is 1. The highest BCUT2D eigenvalue weighted by atomic mass is 35.5. The van der Waals surface area contributed by atoms with Gasteiger partial charge in [-0.15, -0.1) is 0 Å². The molecule has 12 heteroatoms. The summed E-state index contributed by atoms with van der Waals surface area (Å²) in [7, 11) is -2.23. The molecule has 2 aromatic carbocycles. The summed E-state index contributed by atoms with van der Waals surface area (Å²) in [6.45, 7) is -0.102. The Morgan fingerprint density at radius 1 is 1.03 bits per heavy atom. The van der Waals surface area contributed by atoms with Crippen molar-refractivity contribution in [2.75, 3.05) is 12.4 Å². The first-order valence-electron chi connectivity index (χ1n) is 9.39. The van der Waals surface area contributed by atoms with Crippen LogP contribution in [0.4, 0.5) is 5.69 Å². The number of hydrazone groups is 1. The van der Waals surface area contributed by atoms with Crippen LogP contribution in [0.1, 0.15) is 11.5 Å². The maximum Gasteiger partial charge on any atom is 0.329 e. The Labute approximate surface area is 194 Å². The van der Waals surface area contributed by atoms with Crippen molar-refractivity contribution in [2.45, 2.75) is 11.4 Å². The number of halogens is 1. The van der Waals surface area contributed by atoms with Crippen LogP contribution >= 0.6 is 11.6 Å². The molecule has 1 heterocycles. The maximum atomic E-state index is 12.3. The average molecular weight is 491 g/mol. The van der Waals surface area contributed by atoms with E-state index in [9.17, 15) is 18.0 Å². The van der Waals surface area contributed by atoms with Crippen molar-refractivity contribution in [1.82, 2.24) is 10.1 Å². The number of nitrogens with one attached hydrogen (secondary N) is 3. The van der Waals surface area contributed by atoms with Gasteiger partial charge in [-0.1, -0.05) is 11.6 Å². The van der Waals surface area contributed by atoms with Crippen molar-refractivity contribution in [3.05, 3.63) is 77.2 Å². The summed E-state index contributed by atoms with van der Waals surface area (Å²) in [5, 5.41) is 6.50. The third-order valence-electron chi connectivity index (χ3n) is 4.15. The molecule has 10 nitrogen and oxygen atoms in total.